The second-order valence-electron chi connectivity index (χ2n) is 1.72. The number of hydrogen-bond donors (Lipinski definition) is 2. The van der Waals surface area contributed by atoms with Crippen LogP contribution in [0.3, 0.4) is 0 Å². The minimum absolute atomic E-state index is 0.262. The number of nitrogens with two attached hydrogens (primary N) is 2. The normalized spacial score (nSPS) is 9.80. The predicted octanol–water partition coefficient (Wildman–Crippen LogP) is 1.50. The lowest BCUT2D eigenvalue weighted by atomic mass is 10.4. The molecule has 10 heavy (non-hydrogen) atoms. The van der Waals surface area contributed by atoms with E-state index in [9.17, 15) is 0 Å². The van der Waals surface area contributed by atoms with Crippen LogP contribution in [0, 0.1) is 3.57 Å². The van der Waals surface area contributed by atoms with Gasteiger partial charge in [0.1, 0.15) is 0 Å². The Labute approximate surface area is 76.9 Å². The van der Waals surface area contributed by atoms with Crippen LogP contribution >= 0.6 is 34.2 Å². The van der Waals surface area contributed by atoms with Crippen LogP contribution in [0.1, 0.15) is 0 Å². The van der Waals surface area contributed by atoms with Gasteiger partial charge in [-0.1, -0.05) is 11.6 Å². The van der Waals surface area contributed by atoms with E-state index in [1.165, 1.54) is 0 Å². The number of halogens is 2. The van der Waals surface area contributed by atoms with Crippen molar-refractivity contribution in [1.29, 1.82) is 0 Å². The molecule has 5 heteroatoms. The van der Waals surface area contributed by atoms with Crippen molar-refractivity contribution in [3.05, 3.63) is 14.9 Å². The number of nitrogens with zero attached hydrogens (tertiary/aromatic N) is 1. The van der Waals surface area contributed by atoms with E-state index >= 15 is 0 Å². The second-order valence-corrected chi connectivity index (χ2v) is 3.24. The van der Waals surface area contributed by atoms with Gasteiger partial charge in [-0.2, -0.15) is 0 Å². The van der Waals surface area contributed by atoms with Gasteiger partial charge in [0.05, 0.1) is 14.9 Å². The highest BCUT2D eigenvalue weighted by atomic mass is 127. The molecule has 0 fully saturated rings. The smallest absolute Gasteiger partial charge is 0.154 e. The van der Waals surface area contributed by atoms with E-state index in [2.05, 4.69) is 4.98 Å². The van der Waals surface area contributed by atoms with Crippen LogP contribution in [0.4, 0.5) is 11.4 Å². The van der Waals surface area contributed by atoms with Crippen LogP contribution in [0.25, 0.3) is 0 Å². The van der Waals surface area contributed by atoms with Gasteiger partial charge in [-0.3, -0.25) is 0 Å². The minimum Gasteiger partial charge on any atom is -0.396 e. The zero-order valence-electron chi connectivity index (χ0n) is 4.94. The van der Waals surface area contributed by atoms with Crippen molar-refractivity contribution in [2.45, 2.75) is 0 Å². The Hall–Kier alpha value is -0.230. The van der Waals surface area contributed by atoms with Gasteiger partial charge < -0.3 is 11.5 Å². The van der Waals surface area contributed by atoms with E-state index in [0.29, 0.717) is 11.4 Å². The number of rotatable bonds is 0. The van der Waals surface area contributed by atoms with Crippen molar-refractivity contribution < 1.29 is 0 Å². The van der Waals surface area contributed by atoms with Gasteiger partial charge in [-0.05, 0) is 22.6 Å². The van der Waals surface area contributed by atoms with Gasteiger partial charge >= 0.3 is 0 Å². The molecule has 54 valence electrons. The van der Waals surface area contributed by atoms with Crippen LogP contribution in [0.2, 0.25) is 5.15 Å². The molecule has 0 radical (unpaired) electrons. The molecule has 0 saturated carbocycles. The summed E-state index contributed by atoms with van der Waals surface area (Å²) in [5.41, 5.74) is 11.8. The maximum atomic E-state index is 5.57. The van der Waals surface area contributed by atoms with Crippen molar-refractivity contribution in [2.24, 2.45) is 0 Å². The number of pyridine rings is 1. The summed E-state index contributed by atoms with van der Waals surface area (Å²) in [6, 6.07) is 0. The van der Waals surface area contributed by atoms with Crippen LogP contribution in [-0.2, 0) is 0 Å². The molecular formula is C5H5ClIN3. The largest absolute Gasteiger partial charge is 0.396 e. The van der Waals surface area contributed by atoms with Gasteiger partial charge in [-0.25, -0.2) is 4.98 Å². The molecule has 1 rings (SSSR count). The third-order valence-electron chi connectivity index (χ3n) is 1.06. The molecule has 0 aromatic carbocycles. The van der Waals surface area contributed by atoms with E-state index in [-0.39, 0.29) is 5.15 Å². The zero-order valence-corrected chi connectivity index (χ0v) is 7.85. The first-order valence-corrected chi connectivity index (χ1v) is 3.93. The molecule has 0 aliphatic heterocycles. The molecule has 0 amide bonds. The Morgan fingerprint density at radius 2 is 2.00 bits per heavy atom. The lowest BCUT2D eigenvalue weighted by molar-refractivity contribution is 1.31. The van der Waals surface area contributed by atoms with E-state index in [0.717, 1.165) is 3.57 Å². The summed E-state index contributed by atoms with van der Waals surface area (Å²) in [6.45, 7) is 0. The van der Waals surface area contributed by atoms with Gasteiger partial charge in [-0.15, -0.1) is 0 Å². The molecular weight excluding hydrogens is 264 g/mol. The van der Waals surface area contributed by atoms with Crippen molar-refractivity contribution >= 4 is 45.6 Å². The van der Waals surface area contributed by atoms with Gasteiger partial charge in [0, 0.05) is 6.20 Å². The fourth-order valence-electron chi connectivity index (χ4n) is 0.492. The summed E-state index contributed by atoms with van der Waals surface area (Å²) in [6.07, 6.45) is 1.58. The third-order valence-corrected chi connectivity index (χ3v) is 2.22. The fourth-order valence-corrected chi connectivity index (χ4v) is 1.07. The molecule has 1 aromatic heterocycles. The molecule has 0 saturated heterocycles. The number of aromatic nitrogens is 1. The summed E-state index contributed by atoms with van der Waals surface area (Å²) in [7, 11) is 0. The van der Waals surface area contributed by atoms with Crippen LogP contribution in [0.5, 0.6) is 0 Å². The molecule has 0 aliphatic rings. The lowest BCUT2D eigenvalue weighted by Gasteiger charge is -2.01. The monoisotopic (exact) mass is 269 g/mol. The van der Waals surface area contributed by atoms with Crippen molar-refractivity contribution in [3.8, 4) is 0 Å². The average Bonchev–Trinajstić information content (AvgIpc) is 1.93. The number of anilines is 2. The molecule has 3 nitrogen and oxygen atoms in total. The molecule has 0 spiro atoms. The van der Waals surface area contributed by atoms with Crippen molar-refractivity contribution in [1.82, 2.24) is 4.98 Å². The average molecular weight is 269 g/mol. The van der Waals surface area contributed by atoms with E-state index in [1.807, 2.05) is 22.6 Å². The van der Waals surface area contributed by atoms with Crippen LogP contribution in [-0.4, -0.2) is 4.98 Å². The summed E-state index contributed by atoms with van der Waals surface area (Å²) < 4.78 is 0.819. The molecule has 1 aromatic rings. The molecule has 0 bridgehead atoms. The molecule has 1 heterocycles. The Morgan fingerprint density at radius 1 is 1.40 bits per heavy atom. The summed E-state index contributed by atoms with van der Waals surface area (Å²) >= 11 is 7.61. The first-order chi connectivity index (χ1) is 4.63. The predicted molar refractivity (Wildman–Crippen MR) is 50.8 cm³/mol. The third kappa shape index (κ3) is 1.27. The van der Waals surface area contributed by atoms with Crippen molar-refractivity contribution in [2.75, 3.05) is 11.5 Å². The highest BCUT2D eigenvalue weighted by Crippen LogP contribution is 2.26. The van der Waals surface area contributed by atoms with E-state index in [1.54, 1.807) is 6.20 Å². The Morgan fingerprint density at radius 3 is 2.50 bits per heavy atom. The Kier molecular flexibility index (Phi) is 2.20. The number of nitrogen functional groups attached to an aromatic ring is 2. The topological polar surface area (TPSA) is 64.9 Å². The highest BCUT2D eigenvalue weighted by Gasteiger charge is 2.03. The standard InChI is InChI=1S/C5H5ClIN3/c6-5-4(9)3(8)2(7)1-10-5/h1H,9H2,(H2,8,10). The van der Waals surface area contributed by atoms with Crippen LogP contribution in [0.15, 0.2) is 6.20 Å². The first-order valence-electron chi connectivity index (χ1n) is 2.48. The maximum Gasteiger partial charge on any atom is 0.154 e. The molecule has 0 aliphatic carbocycles. The van der Waals surface area contributed by atoms with Gasteiger partial charge in [0.15, 0.2) is 5.15 Å². The highest BCUT2D eigenvalue weighted by molar-refractivity contribution is 14.1. The van der Waals surface area contributed by atoms with E-state index in [4.69, 9.17) is 23.1 Å². The fraction of sp³-hybridized carbons (Fsp3) is 0. The zero-order chi connectivity index (χ0) is 7.72. The SMILES string of the molecule is Nc1c(I)cnc(Cl)c1N. The van der Waals surface area contributed by atoms with Gasteiger partial charge in [0.25, 0.3) is 0 Å². The molecule has 0 unspecified atom stereocenters. The van der Waals surface area contributed by atoms with Crippen molar-refractivity contribution in [3.63, 3.8) is 0 Å². The minimum atomic E-state index is 0.262. The second kappa shape index (κ2) is 2.79. The lowest BCUT2D eigenvalue weighted by Crippen LogP contribution is -1.99. The molecule has 0 atom stereocenters. The molecule has 4 N–H and O–H groups in total. The van der Waals surface area contributed by atoms with E-state index < -0.39 is 0 Å². The summed E-state index contributed by atoms with van der Waals surface area (Å²) in [5, 5.41) is 0.262. The van der Waals surface area contributed by atoms with Gasteiger partial charge in [0.2, 0.25) is 0 Å². The quantitative estimate of drug-likeness (QED) is 0.554. The maximum absolute atomic E-state index is 5.57. The summed E-state index contributed by atoms with van der Waals surface area (Å²) in [5.74, 6) is 0. The first kappa shape index (κ1) is 7.87. The Bertz CT molecular complexity index is 236. The Balaban J connectivity index is 3.34. The summed E-state index contributed by atoms with van der Waals surface area (Å²) in [4.78, 5) is 3.79. The number of hydrogen-bond acceptors (Lipinski definition) is 3. The van der Waals surface area contributed by atoms with Crippen LogP contribution < -0.4 is 11.5 Å².